The number of ketones is 1. The summed E-state index contributed by atoms with van der Waals surface area (Å²) < 4.78 is 0. The number of H-pyrrole nitrogens is 1. The van der Waals surface area contributed by atoms with Gasteiger partial charge in [0.1, 0.15) is 0 Å². The molecule has 94 valence electrons. The zero-order valence-corrected chi connectivity index (χ0v) is 10.5. The maximum Gasteiger partial charge on any atom is 0.151 e. The van der Waals surface area contributed by atoms with Crippen LogP contribution in [0.3, 0.4) is 0 Å². The molecule has 1 fully saturated rings. The van der Waals surface area contributed by atoms with Gasteiger partial charge in [-0.05, 0) is 37.6 Å². The van der Waals surface area contributed by atoms with E-state index in [0.29, 0.717) is 18.7 Å². The molecule has 3 heteroatoms. The zero-order valence-electron chi connectivity index (χ0n) is 10.5. The molecular formula is C15H18N2O. The predicted octanol–water partition coefficient (Wildman–Crippen LogP) is 2.38. The van der Waals surface area contributed by atoms with Gasteiger partial charge in [0.25, 0.3) is 0 Å². The summed E-state index contributed by atoms with van der Waals surface area (Å²) in [6, 6.07) is 8.15. The summed E-state index contributed by atoms with van der Waals surface area (Å²) in [5.74, 6) is 0.321. The van der Waals surface area contributed by atoms with Crippen LogP contribution >= 0.6 is 0 Å². The van der Waals surface area contributed by atoms with E-state index in [1.165, 1.54) is 18.2 Å². The third-order valence-corrected chi connectivity index (χ3v) is 3.66. The Morgan fingerprint density at radius 3 is 2.83 bits per heavy atom. The number of carbonyl (C=O) groups is 1. The molecule has 0 amide bonds. The number of nitrogens with zero attached hydrogens (tertiary/aromatic N) is 1. The predicted molar refractivity (Wildman–Crippen MR) is 72.7 cm³/mol. The molecule has 3 nitrogen and oxygen atoms in total. The summed E-state index contributed by atoms with van der Waals surface area (Å²) in [5, 5.41) is 1.17. The smallest absolute Gasteiger partial charge is 0.151 e. The van der Waals surface area contributed by atoms with Crippen LogP contribution in [-0.2, 0) is 11.2 Å². The van der Waals surface area contributed by atoms with Crippen molar-refractivity contribution >= 4 is 16.7 Å². The lowest BCUT2D eigenvalue weighted by atomic mass is 10.1. The summed E-state index contributed by atoms with van der Waals surface area (Å²) in [5.41, 5.74) is 2.23. The second-order valence-electron chi connectivity index (χ2n) is 5.06. The average molecular weight is 242 g/mol. The number of carbonyl (C=O) groups excluding carboxylic acids is 1. The van der Waals surface area contributed by atoms with Crippen LogP contribution in [0.2, 0.25) is 0 Å². The number of Topliss-reactive ketones (excluding diaryl/α,β-unsaturated/α-hetero) is 1. The van der Waals surface area contributed by atoms with E-state index >= 15 is 0 Å². The Morgan fingerprint density at radius 2 is 2.00 bits per heavy atom. The fourth-order valence-electron chi connectivity index (χ4n) is 2.74. The maximum absolute atomic E-state index is 12.1. The van der Waals surface area contributed by atoms with Crippen molar-refractivity contribution < 1.29 is 4.79 Å². The molecule has 3 rings (SSSR count). The molecule has 1 aromatic heterocycles. The molecule has 0 radical (unpaired) electrons. The topological polar surface area (TPSA) is 36.1 Å². The van der Waals surface area contributed by atoms with Gasteiger partial charge in [-0.1, -0.05) is 18.2 Å². The maximum atomic E-state index is 12.1. The molecule has 1 saturated heterocycles. The highest BCUT2D eigenvalue weighted by molar-refractivity contribution is 5.90. The molecule has 0 bridgehead atoms. The van der Waals surface area contributed by atoms with Crippen LogP contribution in [0, 0.1) is 0 Å². The van der Waals surface area contributed by atoms with Crippen molar-refractivity contribution in [2.24, 2.45) is 0 Å². The minimum absolute atomic E-state index is 0.321. The molecule has 1 aliphatic rings. The molecule has 0 saturated carbocycles. The Labute approximate surface area is 107 Å². The standard InChI is InChI=1S/C15H18N2O/c18-13(11-17-7-3-4-8-17)9-12-10-16-15-6-2-1-5-14(12)15/h1-2,5-6,10,16H,3-4,7-9,11H2. The lowest BCUT2D eigenvalue weighted by Gasteiger charge is -2.12. The molecule has 1 aliphatic heterocycles. The summed E-state index contributed by atoms with van der Waals surface area (Å²) in [6.45, 7) is 2.78. The summed E-state index contributed by atoms with van der Waals surface area (Å²) in [7, 11) is 0. The van der Waals surface area contributed by atoms with Gasteiger partial charge >= 0.3 is 0 Å². The third-order valence-electron chi connectivity index (χ3n) is 3.66. The van der Waals surface area contributed by atoms with Crippen LogP contribution in [-0.4, -0.2) is 35.3 Å². The van der Waals surface area contributed by atoms with Gasteiger partial charge in [0, 0.05) is 23.5 Å². The third kappa shape index (κ3) is 2.31. The fourth-order valence-corrected chi connectivity index (χ4v) is 2.74. The number of aromatic amines is 1. The minimum atomic E-state index is 0.321. The van der Waals surface area contributed by atoms with Crippen LogP contribution in [0.15, 0.2) is 30.5 Å². The number of hydrogen-bond donors (Lipinski definition) is 1. The lowest BCUT2D eigenvalue weighted by molar-refractivity contribution is -0.119. The van der Waals surface area contributed by atoms with Crippen LogP contribution in [0.4, 0.5) is 0 Å². The van der Waals surface area contributed by atoms with Gasteiger partial charge in [-0.3, -0.25) is 9.69 Å². The minimum Gasteiger partial charge on any atom is -0.361 e. The van der Waals surface area contributed by atoms with Gasteiger partial charge in [0.2, 0.25) is 0 Å². The molecule has 2 heterocycles. The van der Waals surface area contributed by atoms with Gasteiger partial charge < -0.3 is 4.98 Å². The summed E-state index contributed by atoms with van der Waals surface area (Å²) in [6.07, 6.45) is 4.98. The van der Waals surface area contributed by atoms with Crippen molar-refractivity contribution in [2.45, 2.75) is 19.3 Å². The van der Waals surface area contributed by atoms with Crippen molar-refractivity contribution in [3.05, 3.63) is 36.0 Å². The van der Waals surface area contributed by atoms with Crippen LogP contribution < -0.4 is 0 Å². The highest BCUT2D eigenvalue weighted by atomic mass is 16.1. The van der Waals surface area contributed by atoms with Gasteiger partial charge in [-0.15, -0.1) is 0 Å². The monoisotopic (exact) mass is 242 g/mol. The van der Waals surface area contributed by atoms with Crippen molar-refractivity contribution in [3.8, 4) is 0 Å². The number of para-hydroxylation sites is 1. The lowest BCUT2D eigenvalue weighted by Crippen LogP contribution is -2.27. The van der Waals surface area contributed by atoms with Gasteiger partial charge in [-0.2, -0.15) is 0 Å². The first-order valence-electron chi connectivity index (χ1n) is 6.62. The van der Waals surface area contributed by atoms with E-state index in [4.69, 9.17) is 0 Å². The number of hydrogen-bond acceptors (Lipinski definition) is 2. The highest BCUT2D eigenvalue weighted by Gasteiger charge is 2.16. The van der Waals surface area contributed by atoms with Gasteiger partial charge in [0.15, 0.2) is 5.78 Å². The molecule has 1 N–H and O–H groups in total. The molecule has 0 aliphatic carbocycles. The quantitative estimate of drug-likeness (QED) is 0.893. The van der Waals surface area contributed by atoms with Crippen LogP contribution in [0.1, 0.15) is 18.4 Å². The Kier molecular flexibility index (Phi) is 3.15. The normalized spacial score (nSPS) is 16.4. The van der Waals surface area contributed by atoms with Gasteiger partial charge in [0.05, 0.1) is 6.54 Å². The van der Waals surface area contributed by atoms with Crippen molar-refractivity contribution in [1.82, 2.24) is 9.88 Å². The largest absolute Gasteiger partial charge is 0.361 e. The SMILES string of the molecule is O=C(Cc1c[nH]c2ccccc12)CN1CCCC1. The number of aromatic nitrogens is 1. The first-order valence-corrected chi connectivity index (χ1v) is 6.62. The number of nitrogens with one attached hydrogen (secondary N) is 1. The Morgan fingerprint density at radius 1 is 1.22 bits per heavy atom. The van der Waals surface area contributed by atoms with E-state index in [9.17, 15) is 4.79 Å². The average Bonchev–Trinajstić information content (AvgIpc) is 3.00. The molecule has 0 spiro atoms. The number of rotatable bonds is 4. The Hall–Kier alpha value is -1.61. The second-order valence-corrected chi connectivity index (χ2v) is 5.06. The second kappa shape index (κ2) is 4.94. The van der Waals surface area contributed by atoms with Crippen molar-refractivity contribution in [1.29, 1.82) is 0 Å². The molecule has 18 heavy (non-hydrogen) atoms. The Bertz CT molecular complexity index is 552. The highest BCUT2D eigenvalue weighted by Crippen LogP contribution is 2.18. The van der Waals surface area contributed by atoms with Crippen molar-refractivity contribution in [2.75, 3.05) is 19.6 Å². The van der Waals surface area contributed by atoms with Crippen LogP contribution in [0.5, 0.6) is 0 Å². The molecule has 2 aromatic rings. The summed E-state index contributed by atoms with van der Waals surface area (Å²) in [4.78, 5) is 17.5. The van der Waals surface area contributed by atoms with E-state index in [1.807, 2.05) is 24.4 Å². The number of fused-ring (bicyclic) bond motifs is 1. The zero-order chi connectivity index (χ0) is 12.4. The molecule has 0 unspecified atom stereocenters. The van der Waals surface area contributed by atoms with E-state index in [2.05, 4.69) is 16.0 Å². The number of benzene rings is 1. The number of likely N-dealkylation sites (tertiary alicyclic amines) is 1. The first kappa shape index (κ1) is 11.5. The van der Waals surface area contributed by atoms with Crippen molar-refractivity contribution in [3.63, 3.8) is 0 Å². The summed E-state index contributed by atoms with van der Waals surface area (Å²) >= 11 is 0. The van der Waals surface area contributed by atoms with E-state index in [1.54, 1.807) is 0 Å². The van der Waals surface area contributed by atoms with E-state index in [-0.39, 0.29) is 0 Å². The molecule has 1 aromatic carbocycles. The Balaban J connectivity index is 1.70. The van der Waals surface area contributed by atoms with Gasteiger partial charge in [-0.25, -0.2) is 0 Å². The molecule has 0 atom stereocenters. The van der Waals surface area contributed by atoms with E-state index < -0.39 is 0 Å². The fraction of sp³-hybridized carbons (Fsp3) is 0.400. The van der Waals surface area contributed by atoms with E-state index in [0.717, 1.165) is 24.2 Å². The van der Waals surface area contributed by atoms with Crippen LogP contribution in [0.25, 0.3) is 10.9 Å². The first-order chi connectivity index (χ1) is 8.83. The molecular weight excluding hydrogens is 224 g/mol.